The third-order valence-electron chi connectivity index (χ3n) is 2.68. The predicted octanol–water partition coefficient (Wildman–Crippen LogP) is 2.05. The summed E-state index contributed by atoms with van der Waals surface area (Å²) in [6.45, 7) is 0.196. The number of nitro groups is 1. The molecule has 0 aliphatic carbocycles. The van der Waals surface area contributed by atoms with E-state index in [1.807, 2.05) is 0 Å². The van der Waals surface area contributed by atoms with Crippen molar-refractivity contribution in [1.29, 1.82) is 0 Å². The van der Waals surface area contributed by atoms with Crippen molar-refractivity contribution in [3.8, 4) is 11.5 Å². The highest BCUT2D eigenvalue weighted by Gasteiger charge is 2.19. The van der Waals surface area contributed by atoms with E-state index in [4.69, 9.17) is 14.6 Å². The number of carboxylic acid groups (broad SMARTS) is 1. The average Bonchev–Trinajstić information content (AvgIpc) is 2.45. The maximum Gasteiger partial charge on any atom is 0.303 e. The SMILES string of the molecule is COc1cc(C=O)c([N+](=O)[O-])cc1OCCCCC(=O)O. The van der Waals surface area contributed by atoms with Crippen molar-refractivity contribution >= 4 is 17.9 Å². The lowest BCUT2D eigenvalue weighted by molar-refractivity contribution is -0.385. The Balaban J connectivity index is 2.80. The molecule has 0 atom stereocenters. The molecule has 8 nitrogen and oxygen atoms in total. The molecule has 1 N–H and O–H groups in total. The fourth-order valence-corrected chi connectivity index (χ4v) is 1.65. The number of carbonyl (C=O) groups excluding carboxylic acids is 1. The number of ether oxygens (including phenoxy) is 2. The van der Waals surface area contributed by atoms with Crippen LogP contribution in [0.5, 0.6) is 11.5 Å². The second-order valence-corrected chi connectivity index (χ2v) is 4.14. The number of rotatable bonds is 9. The lowest BCUT2D eigenvalue weighted by atomic mass is 10.1. The molecule has 0 bridgehead atoms. The Morgan fingerprint density at radius 1 is 1.38 bits per heavy atom. The summed E-state index contributed by atoms with van der Waals surface area (Å²) in [6, 6.07) is 2.36. The van der Waals surface area contributed by atoms with E-state index in [9.17, 15) is 19.7 Å². The van der Waals surface area contributed by atoms with Gasteiger partial charge in [0.2, 0.25) is 0 Å². The van der Waals surface area contributed by atoms with Gasteiger partial charge in [-0.1, -0.05) is 0 Å². The molecule has 0 heterocycles. The highest BCUT2D eigenvalue weighted by molar-refractivity contribution is 5.83. The van der Waals surface area contributed by atoms with Gasteiger partial charge in [-0.15, -0.1) is 0 Å². The minimum atomic E-state index is -0.890. The van der Waals surface area contributed by atoms with Gasteiger partial charge in [0.15, 0.2) is 17.8 Å². The number of carbonyl (C=O) groups is 2. The van der Waals surface area contributed by atoms with E-state index >= 15 is 0 Å². The second-order valence-electron chi connectivity index (χ2n) is 4.14. The van der Waals surface area contributed by atoms with E-state index in [0.717, 1.165) is 6.07 Å². The summed E-state index contributed by atoms with van der Waals surface area (Å²) >= 11 is 0. The van der Waals surface area contributed by atoms with Gasteiger partial charge in [-0.25, -0.2) is 0 Å². The van der Waals surface area contributed by atoms with E-state index in [1.54, 1.807) is 0 Å². The van der Waals surface area contributed by atoms with Crippen molar-refractivity contribution in [2.45, 2.75) is 19.3 Å². The fourth-order valence-electron chi connectivity index (χ4n) is 1.65. The maximum absolute atomic E-state index is 10.9. The van der Waals surface area contributed by atoms with Crippen LogP contribution in [0.3, 0.4) is 0 Å². The van der Waals surface area contributed by atoms with Crippen LogP contribution in [0, 0.1) is 10.1 Å². The molecule has 0 radical (unpaired) electrons. The van der Waals surface area contributed by atoms with Crippen molar-refractivity contribution in [1.82, 2.24) is 0 Å². The Morgan fingerprint density at radius 2 is 2.10 bits per heavy atom. The third kappa shape index (κ3) is 4.75. The number of unbranched alkanes of at least 4 members (excludes halogenated alkanes) is 1. The molecule has 0 aromatic heterocycles. The van der Waals surface area contributed by atoms with Crippen LogP contribution >= 0.6 is 0 Å². The number of nitrogens with zero attached hydrogens (tertiary/aromatic N) is 1. The Kier molecular flexibility index (Phi) is 6.12. The van der Waals surface area contributed by atoms with Gasteiger partial charge in [-0.3, -0.25) is 19.7 Å². The molecule has 0 amide bonds. The van der Waals surface area contributed by atoms with Crippen LogP contribution in [0.2, 0.25) is 0 Å². The molecule has 0 saturated carbocycles. The number of hydrogen-bond donors (Lipinski definition) is 1. The summed E-state index contributed by atoms with van der Waals surface area (Å²) in [5, 5.41) is 19.4. The highest BCUT2D eigenvalue weighted by Crippen LogP contribution is 2.34. The first kappa shape index (κ1) is 16.4. The number of carboxylic acids is 1. The van der Waals surface area contributed by atoms with Crippen LogP contribution in [0.4, 0.5) is 5.69 Å². The monoisotopic (exact) mass is 297 g/mol. The largest absolute Gasteiger partial charge is 0.493 e. The fraction of sp³-hybridized carbons (Fsp3) is 0.385. The number of benzene rings is 1. The van der Waals surface area contributed by atoms with Gasteiger partial charge in [-0.05, 0) is 12.8 Å². The van der Waals surface area contributed by atoms with Gasteiger partial charge < -0.3 is 14.6 Å². The predicted molar refractivity (Wildman–Crippen MR) is 72.0 cm³/mol. The quantitative estimate of drug-likeness (QED) is 0.321. The van der Waals surface area contributed by atoms with E-state index in [2.05, 4.69) is 0 Å². The van der Waals surface area contributed by atoms with Crippen LogP contribution in [0.1, 0.15) is 29.6 Å². The lowest BCUT2D eigenvalue weighted by Gasteiger charge is -2.11. The van der Waals surface area contributed by atoms with Crippen molar-refractivity contribution in [3.63, 3.8) is 0 Å². The molecule has 114 valence electrons. The maximum atomic E-state index is 10.9. The summed E-state index contributed by atoms with van der Waals surface area (Å²) in [5.41, 5.74) is -0.471. The molecular formula is C13H15NO7. The first-order valence-corrected chi connectivity index (χ1v) is 6.15. The van der Waals surface area contributed by atoms with Crippen molar-refractivity contribution in [2.75, 3.05) is 13.7 Å². The lowest BCUT2D eigenvalue weighted by Crippen LogP contribution is -2.03. The van der Waals surface area contributed by atoms with Gasteiger partial charge in [0.05, 0.1) is 30.3 Å². The summed E-state index contributed by atoms with van der Waals surface area (Å²) in [5.74, 6) is -0.537. The number of methoxy groups -OCH3 is 1. The molecule has 1 aromatic carbocycles. The second kappa shape index (κ2) is 7.83. The van der Waals surface area contributed by atoms with Crippen LogP contribution in [0.15, 0.2) is 12.1 Å². The van der Waals surface area contributed by atoms with E-state index in [0.29, 0.717) is 19.1 Å². The van der Waals surface area contributed by atoms with Crippen LogP contribution < -0.4 is 9.47 Å². The van der Waals surface area contributed by atoms with Gasteiger partial charge in [0.1, 0.15) is 0 Å². The normalized spacial score (nSPS) is 9.95. The highest BCUT2D eigenvalue weighted by atomic mass is 16.6. The van der Waals surface area contributed by atoms with Crippen molar-refractivity contribution in [2.24, 2.45) is 0 Å². The Labute approximate surface area is 120 Å². The summed E-state index contributed by atoms with van der Waals surface area (Å²) in [4.78, 5) is 31.4. The molecule has 21 heavy (non-hydrogen) atoms. The van der Waals surface area contributed by atoms with Gasteiger partial charge >= 0.3 is 5.97 Å². The number of aldehydes is 1. The Bertz CT molecular complexity index is 542. The van der Waals surface area contributed by atoms with Crippen LogP contribution in [0.25, 0.3) is 0 Å². The van der Waals surface area contributed by atoms with Gasteiger partial charge in [0, 0.05) is 12.5 Å². The van der Waals surface area contributed by atoms with Crippen LogP contribution in [-0.2, 0) is 4.79 Å². The van der Waals surface area contributed by atoms with Gasteiger partial charge in [0.25, 0.3) is 5.69 Å². The zero-order valence-electron chi connectivity index (χ0n) is 11.4. The molecule has 0 aliphatic heterocycles. The molecule has 0 unspecified atom stereocenters. The zero-order valence-corrected chi connectivity index (χ0v) is 11.4. The molecular weight excluding hydrogens is 282 g/mol. The number of nitro benzene ring substituents is 1. The van der Waals surface area contributed by atoms with Crippen molar-refractivity contribution < 1.29 is 29.1 Å². The van der Waals surface area contributed by atoms with E-state index in [1.165, 1.54) is 13.2 Å². The first-order valence-electron chi connectivity index (χ1n) is 6.15. The van der Waals surface area contributed by atoms with E-state index < -0.39 is 10.9 Å². The molecule has 0 saturated heterocycles. The Hall–Kier alpha value is -2.64. The van der Waals surface area contributed by atoms with E-state index in [-0.39, 0.29) is 35.8 Å². The molecule has 0 fully saturated rings. The molecule has 0 spiro atoms. The third-order valence-corrected chi connectivity index (χ3v) is 2.68. The van der Waals surface area contributed by atoms with Crippen molar-refractivity contribution in [3.05, 3.63) is 27.8 Å². The number of hydrogen-bond acceptors (Lipinski definition) is 6. The summed E-state index contributed by atoms with van der Waals surface area (Å²) in [6.07, 6.45) is 1.33. The summed E-state index contributed by atoms with van der Waals surface area (Å²) in [7, 11) is 1.35. The topological polar surface area (TPSA) is 116 Å². The average molecular weight is 297 g/mol. The smallest absolute Gasteiger partial charge is 0.303 e. The van der Waals surface area contributed by atoms with Crippen LogP contribution in [-0.4, -0.2) is 36.0 Å². The zero-order chi connectivity index (χ0) is 15.8. The minimum Gasteiger partial charge on any atom is -0.493 e. The number of aliphatic carboxylic acids is 1. The standard InChI is InChI=1S/C13H15NO7/c1-20-11-6-9(8-15)10(14(18)19)7-12(11)21-5-3-2-4-13(16)17/h6-8H,2-5H2,1H3,(H,16,17). The van der Waals surface area contributed by atoms with Gasteiger partial charge in [-0.2, -0.15) is 0 Å². The minimum absolute atomic E-state index is 0.0325. The summed E-state index contributed by atoms with van der Waals surface area (Å²) < 4.78 is 10.4. The molecule has 0 aliphatic rings. The Morgan fingerprint density at radius 3 is 2.62 bits per heavy atom. The molecule has 1 rings (SSSR count). The molecule has 8 heteroatoms. The first-order chi connectivity index (χ1) is 9.99. The molecule has 1 aromatic rings.